The number of nitrogens with two attached hydrogens (primary N) is 1. The average Bonchev–Trinajstić information content (AvgIpc) is 3.49. The highest BCUT2D eigenvalue weighted by molar-refractivity contribution is 6.32. The Hall–Kier alpha value is -2.47. The van der Waals surface area contributed by atoms with Gasteiger partial charge in [-0.1, -0.05) is 47.5 Å². The molecule has 1 aliphatic carbocycles. The van der Waals surface area contributed by atoms with Crippen LogP contribution in [0.2, 0.25) is 10.0 Å². The van der Waals surface area contributed by atoms with Crippen molar-refractivity contribution in [2.24, 2.45) is 11.7 Å². The van der Waals surface area contributed by atoms with Crippen LogP contribution in [0.5, 0.6) is 0 Å². The van der Waals surface area contributed by atoms with Gasteiger partial charge >= 0.3 is 0 Å². The predicted molar refractivity (Wildman–Crippen MR) is 112 cm³/mol. The van der Waals surface area contributed by atoms with Crippen molar-refractivity contribution in [2.75, 3.05) is 0 Å². The summed E-state index contributed by atoms with van der Waals surface area (Å²) in [7, 11) is 0. The standard InChI is InChI=1S/C21H17Cl2N5/c22-14-9-7-13(8-10-14)21-20-19(18(25-11-26-20)17(24)12-5-6-12)27-28(21)16-4-2-1-3-15(16)23/h1-4,7-12,17H,5-6,24H2. The topological polar surface area (TPSA) is 69.6 Å². The number of hydrogen-bond donors (Lipinski definition) is 1. The summed E-state index contributed by atoms with van der Waals surface area (Å²) >= 11 is 12.6. The van der Waals surface area contributed by atoms with Crippen LogP contribution in [-0.2, 0) is 0 Å². The number of para-hydroxylation sites is 1. The Morgan fingerprint density at radius 1 is 0.964 bits per heavy atom. The first kappa shape index (κ1) is 17.6. The highest BCUT2D eigenvalue weighted by Gasteiger charge is 2.33. The second kappa shape index (κ2) is 6.85. The van der Waals surface area contributed by atoms with E-state index in [-0.39, 0.29) is 6.04 Å². The van der Waals surface area contributed by atoms with E-state index in [4.69, 9.17) is 34.0 Å². The first-order valence-electron chi connectivity index (χ1n) is 9.13. The van der Waals surface area contributed by atoms with Gasteiger partial charge in [0, 0.05) is 10.6 Å². The molecule has 2 heterocycles. The number of hydrogen-bond acceptors (Lipinski definition) is 4. The molecule has 0 radical (unpaired) electrons. The van der Waals surface area contributed by atoms with Gasteiger partial charge in [-0.2, -0.15) is 5.10 Å². The van der Waals surface area contributed by atoms with Crippen molar-refractivity contribution in [2.45, 2.75) is 18.9 Å². The third-order valence-corrected chi connectivity index (χ3v) is 5.70. The third-order valence-electron chi connectivity index (χ3n) is 5.13. The Bertz CT molecular complexity index is 1170. The van der Waals surface area contributed by atoms with Crippen LogP contribution in [0.3, 0.4) is 0 Å². The number of benzene rings is 2. The third kappa shape index (κ3) is 2.96. The Morgan fingerprint density at radius 3 is 2.43 bits per heavy atom. The quantitative estimate of drug-likeness (QED) is 0.502. The van der Waals surface area contributed by atoms with Gasteiger partial charge in [0.2, 0.25) is 0 Å². The van der Waals surface area contributed by atoms with Gasteiger partial charge in [0.15, 0.2) is 0 Å². The van der Waals surface area contributed by atoms with E-state index in [2.05, 4.69) is 9.97 Å². The second-order valence-corrected chi connectivity index (χ2v) is 7.88. The molecule has 0 aliphatic heterocycles. The van der Waals surface area contributed by atoms with Crippen molar-refractivity contribution < 1.29 is 0 Å². The van der Waals surface area contributed by atoms with Crippen molar-refractivity contribution in [1.82, 2.24) is 19.7 Å². The Morgan fingerprint density at radius 2 is 1.71 bits per heavy atom. The molecule has 1 atom stereocenters. The normalized spacial score (nSPS) is 15.1. The summed E-state index contributed by atoms with van der Waals surface area (Å²) < 4.78 is 1.83. The molecule has 2 N–H and O–H groups in total. The molecule has 2 aromatic carbocycles. The zero-order valence-corrected chi connectivity index (χ0v) is 16.4. The van der Waals surface area contributed by atoms with E-state index < -0.39 is 0 Å². The first-order chi connectivity index (χ1) is 13.6. The summed E-state index contributed by atoms with van der Waals surface area (Å²) in [6, 6.07) is 15.1. The Labute approximate surface area is 172 Å². The van der Waals surface area contributed by atoms with Crippen LogP contribution in [0.1, 0.15) is 24.6 Å². The Balaban J connectivity index is 1.82. The molecule has 5 nitrogen and oxygen atoms in total. The van der Waals surface area contributed by atoms with Crippen LogP contribution >= 0.6 is 23.2 Å². The molecule has 0 spiro atoms. The fourth-order valence-corrected chi connectivity index (χ4v) is 3.84. The summed E-state index contributed by atoms with van der Waals surface area (Å²) in [5.41, 5.74) is 11.3. The lowest BCUT2D eigenvalue weighted by molar-refractivity contribution is 0.617. The molecule has 1 saturated carbocycles. The summed E-state index contributed by atoms with van der Waals surface area (Å²) in [6.45, 7) is 0. The molecule has 0 amide bonds. The average molecular weight is 410 g/mol. The molecular formula is C21H17Cl2N5. The molecule has 1 unspecified atom stereocenters. The van der Waals surface area contributed by atoms with Crippen LogP contribution < -0.4 is 5.73 Å². The zero-order chi connectivity index (χ0) is 19.3. The van der Waals surface area contributed by atoms with Gasteiger partial charge in [0.25, 0.3) is 0 Å². The molecule has 7 heteroatoms. The number of fused-ring (bicyclic) bond motifs is 1. The monoisotopic (exact) mass is 409 g/mol. The SMILES string of the molecule is NC(c1ncnc2c(-c3ccc(Cl)cc3)n(-c3ccccc3Cl)nc12)C1CC1. The molecule has 2 aromatic heterocycles. The largest absolute Gasteiger partial charge is 0.322 e. The second-order valence-electron chi connectivity index (χ2n) is 7.04. The van der Waals surface area contributed by atoms with Crippen LogP contribution in [0.15, 0.2) is 54.9 Å². The lowest BCUT2D eigenvalue weighted by atomic mass is 10.1. The Kier molecular flexibility index (Phi) is 4.31. The number of rotatable bonds is 4. The minimum Gasteiger partial charge on any atom is -0.322 e. The molecule has 1 fully saturated rings. The highest BCUT2D eigenvalue weighted by atomic mass is 35.5. The van der Waals surface area contributed by atoms with E-state index in [1.165, 1.54) is 0 Å². The lowest BCUT2D eigenvalue weighted by Crippen LogP contribution is -2.15. The predicted octanol–water partition coefficient (Wildman–Crippen LogP) is 5.20. The minimum atomic E-state index is -0.141. The maximum absolute atomic E-state index is 6.49. The van der Waals surface area contributed by atoms with Crippen molar-refractivity contribution in [1.29, 1.82) is 0 Å². The van der Waals surface area contributed by atoms with E-state index in [0.717, 1.165) is 41.0 Å². The van der Waals surface area contributed by atoms with E-state index in [1.807, 2.05) is 53.2 Å². The van der Waals surface area contributed by atoms with Crippen LogP contribution in [0, 0.1) is 5.92 Å². The first-order valence-corrected chi connectivity index (χ1v) is 9.89. The van der Waals surface area contributed by atoms with Gasteiger partial charge in [0.05, 0.1) is 22.4 Å². The summed E-state index contributed by atoms with van der Waals surface area (Å²) in [4.78, 5) is 9.03. The lowest BCUT2D eigenvalue weighted by Gasteiger charge is -2.09. The molecular weight excluding hydrogens is 393 g/mol. The van der Waals surface area contributed by atoms with Crippen molar-refractivity contribution in [3.05, 3.63) is 70.6 Å². The summed E-state index contributed by atoms with van der Waals surface area (Å²) in [6.07, 6.45) is 3.82. The summed E-state index contributed by atoms with van der Waals surface area (Å²) in [5.74, 6) is 0.461. The molecule has 140 valence electrons. The van der Waals surface area contributed by atoms with E-state index >= 15 is 0 Å². The molecule has 4 aromatic rings. The molecule has 1 aliphatic rings. The fraction of sp³-hybridized carbons (Fsp3) is 0.190. The van der Waals surface area contributed by atoms with E-state index in [1.54, 1.807) is 6.33 Å². The van der Waals surface area contributed by atoms with Crippen LogP contribution in [0.4, 0.5) is 0 Å². The van der Waals surface area contributed by atoms with Gasteiger partial charge in [-0.05, 0) is 43.0 Å². The number of nitrogens with zero attached hydrogens (tertiary/aromatic N) is 4. The van der Waals surface area contributed by atoms with Gasteiger partial charge in [-0.3, -0.25) is 0 Å². The number of halogens is 2. The highest BCUT2D eigenvalue weighted by Crippen LogP contribution is 2.41. The van der Waals surface area contributed by atoms with Gasteiger partial charge in [-0.15, -0.1) is 0 Å². The van der Waals surface area contributed by atoms with E-state index in [9.17, 15) is 0 Å². The smallest absolute Gasteiger partial charge is 0.135 e. The molecule has 0 saturated heterocycles. The maximum Gasteiger partial charge on any atom is 0.135 e. The zero-order valence-electron chi connectivity index (χ0n) is 14.9. The van der Waals surface area contributed by atoms with Gasteiger partial charge in [0.1, 0.15) is 23.1 Å². The molecule has 28 heavy (non-hydrogen) atoms. The minimum absolute atomic E-state index is 0.141. The van der Waals surface area contributed by atoms with Crippen LogP contribution in [-0.4, -0.2) is 19.7 Å². The molecule has 0 bridgehead atoms. The van der Waals surface area contributed by atoms with Crippen molar-refractivity contribution in [3.63, 3.8) is 0 Å². The van der Waals surface area contributed by atoms with Gasteiger partial charge in [-0.25, -0.2) is 14.6 Å². The van der Waals surface area contributed by atoms with Gasteiger partial charge < -0.3 is 5.73 Å². The van der Waals surface area contributed by atoms with Crippen molar-refractivity contribution in [3.8, 4) is 16.9 Å². The maximum atomic E-state index is 6.49. The number of aromatic nitrogens is 4. The van der Waals surface area contributed by atoms with E-state index in [0.29, 0.717) is 21.5 Å². The summed E-state index contributed by atoms with van der Waals surface area (Å²) in [5, 5.41) is 6.14. The fourth-order valence-electron chi connectivity index (χ4n) is 3.50. The van der Waals surface area contributed by atoms with Crippen LogP contribution in [0.25, 0.3) is 28.0 Å². The molecule has 5 rings (SSSR count). The van der Waals surface area contributed by atoms with Crippen molar-refractivity contribution >= 4 is 34.2 Å².